The molecule has 2 aliphatic rings. The highest BCUT2D eigenvalue weighted by molar-refractivity contribution is 5.81. The van der Waals surface area contributed by atoms with Gasteiger partial charge in [0, 0.05) is 19.0 Å². The zero-order valence-electron chi connectivity index (χ0n) is 14.8. The molecule has 2 aliphatic heterocycles. The fraction of sp³-hybridized carbons (Fsp3) is 0.333. The normalized spacial score (nSPS) is 21.1. The van der Waals surface area contributed by atoms with E-state index in [9.17, 15) is 14.7 Å². The van der Waals surface area contributed by atoms with E-state index in [-0.39, 0.29) is 24.8 Å². The summed E-state index contributed by atoms with van der Waals surface area (Å²) in [5, 5.41) is 9.60. The van der Waals surface area contributed by atoms with E-state index in [0.29, 0.717) is 31.3 Å². The highest BCUT2D eigenvalue weighted by atomic mass is 16.6. The molecule has 2 aromatic rings. The molecule has 1 amide bonds. The largest absolute Gasteiger partial charge is 0.486 e. The molecule has 2 heterocycles. The molecule has 2 aromatic carbocycles. The SMILES string of the molecule is O=C(O)[C@@H]1CN(C(=O)Cc2ccc3c(c2)OCCO3)C[C@@H]1c1ccccc1. The van der Waals surface area contributed by atoms with Crippen LogP contribution >= 0.6 is 0 Å². The van der Waals surface area contributed by atoms with Gasteiger partial charge in [0.1, 0.15) is 13.2 Å². The number of nitrogens with zero attached hydrogens (tertiary/aromatic N) is 1. The number of likely N-dealkylation sites (tertiary alicyclic amines) is 1. The summed E-state index contributed by atoms with van der Waals surface area (Å²) in [5.74, 6) is -0.369. The number of carbonyl (C=O) groups is 2. The summed E-state index contributed by atoms with van der Waals surface area (Å²) in [5.41, 5.74) is 1.79. The zero-order chi connectivity index (χ0) is 18.8. The van der Waals surface area contributed by atoms with Gasteiger partial charge in [-0.15, -0.1) is 0 Å². The van der Waals surface area contributed by atoms with E-state index in [4.69, 9.17) is 9.47 Å². The van der Waals surface area contributed by atoms with Crippen molar-refractivity contribution in [3.63, 3.8) is 0 Å². The number of amides is 1. The van der Waals surface area contributed by atoms with E-state index < -0.39 is 11.9 Å². The van der Waals surface area contributed by atoms with Crippen molar-refractivity contribution in [1.82, 2.24) is 4.90 Å². The van der Waals surface area contributed by atoms with Crippen molar-refractivity contribution >= 4 is 11.9 Å². The summed E-state index contributed by atoms with van der Waals surface area (Å²) in [4.78, 5) is 26.2. The smallest absolute Gasteiger partial charge is 0.308 e. The van der Waals surface area contributed by atoms with Crippen LogP contribution in [-0.4, -0.2) is 48.2 Å². The number of ether oxygens (including phenoxy) is 2. The molecule has 1 fully saturated rings. The Kier molecular flexibility index (Phi) is 4.71. The lowest BCUT2D eigenvalue weighted by Gasteiger charge is -2.20. The minimum Gasteiger partial charge on any atom is -0.486 e. The molecular formula is C21H21NO5. The van der Waals surface area contributed by atoms with Gasteiger partial charge in [-0.3, -0.25) is 9.59 Å². The fourth-order valence-electron chi connectivity index (χ4n) is 3.78. The molecule has 27 heavy (non-hydrogen) atoms. The number of aliphatic carboxylic acids is 1. The topological polar surface area (TPSA) is 76.1 Å². The van der Waals surface area contributed by atoms with Crippen LogP contribution in [0.4, 0.5) is 0 Å². The average Bonchev–Trinajstić information content (AvgIpc) is 3.15. The molecule has 140 valence electrons. The van der Waals surface area contributed by atoms with Crippen molar-refractivity contribution in [1.29, 1.82) is 0 Å². The number of hydrogen-bond acceptors (Lipinski definition) is 4. The van der Waals surface area contributed by atoms with E-state index >= 15 is 0 Å². The van der Waals surface area contributed by atoms with Crippen molar-refractivity contribution in [3.05, 3.63) is 59.7 Å². The van der Waals surface area contributed by atoms with Gasteiger partial charge in [-0.25, -0.2) is 0 Å². The van der Waals surface area contributed by atoms with Crippen LogP contribution in [0.2, 0.25) is 0 Å². The van der Waals surface area contributed by atoms with E-state index in [0.717, 1.165) is 11.1 Å². The van der Waals surface area contributed by atoms with Crippen LogP contribution in [0.25, 0.3) is 0 Å². The predicted molar refractivity (Wildman–Crippen MR) is 98.0 cm³/mol. The third-order valence-electron chi connectivity index (χ3n) is 5.18. The van der Waals surface area contributed by atoms with Gasteiger partial charge in [0.2, 0.25) is 5.91 Å². The first-order valence-electron chi connectivity index (χ1n) is 9.06. The van der Waals surface area contributed by atoms with Gasteiger partial charge in [-0.05, 0) is 23.3 Å². The molecule has 0 radical (unpaired) electrons. The van der Waals surface area contributed by atoms with Gasteiger partial charge in [-0.1, -0.05) is 36.4 Å². The number of carbonyl (C=O) groups excluding carboxylic acids is 1. The fourth-order valence-corrected chi connectivity index (χ4v) is 3.78. The molecule has 4 rings (SSSR count). The lowest BCUT2D eigenvalue weighted by molar-refractivity contribution is -0.141. The van der Waals surface area contributed by atoms with Crippen molar-refractivity contribution in [3.8, 4) is 11.5 Å². The molecule has 6 heteroatoms. The monoisotopic (exact) mass is 367 g/mol. The first kappa shape index (κ1) is 17.4. The molecule has 1 saturated heterocycles. The van der Waals surface area contributed by atoms with Crippen molar-refractivity contribution in [2.75, 3.05) is 26.3 Å². The summed E-state index contributed by atoms with van der Waals surface area (Å²) in [7, 11) is 0. The van der Waals surface area contributed by atoms with E-state index in [1.54, 1.807) is 4.90 Å². The Balaban J connectivity index is 1.48. The van der Waals surface area contributed by atoms with Gasteiger partial charge in [0.05, 0.1) is 12.3 Å². The van der Waals surface area contributed by atoms with Gasteiger partial charge in [0.15, 0.2) is 11.5 Å². The maximum absolute atomic E-state index is 12.8. The van der Waals surface area contributed by atoms with E-state index in [1.807, 2.05) is 48.5 Å². The Morgan fingerprint density at radius 3 is 2.48 bits per heavy atom. The van der Waals surface area contributed by atoms with Crippen LogP contribution in [0.5, 0.6) is 11.5 Å². The molecule has 0 spiro atoms. The first-order valence-corrected chi connectivity index (χ1v) is 9.06. The first-order chi connectivity index (χ1) is 13.1. The summed E-state index contributed by atoms with van der Waals surface area (Å²) >= 11 is 0. The highest BCUT2D eigenvalue weighted by Gasteiger charge is 2.40. The maximum atomic E-state index is 12.8. The minimum atomic E-state index is -0.863. The maximum Gasteiger partial charge on any atom is 0.308 e. The molecule has 0 bridgehead atoms. The van der Waals surface area contributed by atoms with Gasteiger partial charge in [0.25, 0.3) is 0 Å². The van der Waals surface area contributed by atoms with Crippen LogP contribution in [0, 0.1) is 5.92 Å². The number of rotatable bonds is 4. The quantitative estimate of drug-likeness (QED) is 0.898. The number of carboxylic acids is 1. The number of carboxylic acid groups (broad SMARTS) is 1. The van der Waals surface area contributed by atoms with Crippen molar-refractivity contribution in [2.24, 2.45) is 5.92 Å². The van der Waals surface area contributed by atoms with Crippen LogP contribution in [0.15, 0.2) is 48.5 Å². The highest BCUT2D eigenvalue weighted by Crippen LogP contribution is 2.34. The van der Waals surface area contributed by atoms with Gasteiger partial charge in [-0.2, -0.15) is 0 Å². The lowest BCUT2D eigenvalue weighted by atomic mass is 9.89. The van der Waals surface area contributed by atoms with Gasteiger partial charge < -0.3 is 19.5 Å². The minimum absolute atomic E-state index is 0.0728. The molecule has 2 atom stereocenters. The second-order valence-electron chi connectivity index (χ2n) is 6.92. The van der Waals surface area contributed by atoms with Crippen LogP contribution < -0.4 is 9.47 Å². The van der Waals surface area contributed by atoms with E-state index in [2.05, 4.69) is 0 Å². The Morgan fingerprint density at radius 2 is 1.74 bits per heavy atom. The molecule has 0 saturated carbocycles. The third-order valence-corrected chi connectivity index (χ3v) is 5.18. The Bertz CT molecular complexity index is 851. The molecule has 6 nitrogen and oxygen atoms in total. The van der Waals surface area contributed by atoms with Crippen molar-refractivity contribution < 1.29 is 24.2 Å². The third kappa shape index (κ3) is 3.60. The molecule has 0 aliphatic carbocycles. The predicted octanol–water partition coefficient (Wildman–Crippen LogP) is 2.33. The zero-order valence-corrected chi connectivity index (χ0v) is 14.8. The number of fused-ring (bicyclic) bond motifs is 1. The van der Waals surface area contributed by atoms with Crippen LogP contribution in [0.1, 0.15) is 17.0 Å². The molecular weight excluding hydrogens is 346 g/mol. The average molecular weight is 367 g/mol. The van der Waals surface area contributed by atoms with Gasteiger partial charge >= 0.3 is 5.97 Å². The molecule has 0 aromatic heterocycles. The number of benzene rings is 2. The van der Waals surface area contributed by atoms with Crippen molar-refractivity contribution in [2.45, 2.75) is 12.3 Å². The molecule has 1 N–H and O–H groups in total. The summed E-state index contributed by atoms with van der Waals surface area (Å²) < 4.78 is 11.1. The molecule has 0 unspecified atom stereocenters. The van der Waals surface area contributed by atoms with Crippen LogP contribution in [-0.2, 0) is 16.0 Å². The Labute approximate surface area is 157 Å². The van der Waals surface area contributed by atoms with Crippen LogP contribution in [0.3, 0.4) is 0 Å². The second kappa shape index (κ2) is 7.31. The van der Waals surface area contributed by atoms with E-state index in [1.165, 1.54) is 0 Å². The summed E-state index contributed by atoms with van der Waals surface area (Å²) in [6.07, 6.45) is 0.213. The second-order valence-corrected chi connectivity index (χ2v) is 6.92. The Morgan fingerprint density at radius 1 is 1.00 bits per heavy atom. The Hall–Kier alpha value is -3.02. The summed E-state index contributed by atoms with van der Waals surface area (Å²) in [6, 6.07) is 15.0. The number of hydrogen-bond donors (Lipinski definition) is 1. The lowest BCUT2D eigenvalue weighted by Crippen LogP contribution is -2.31. The summed E-state index contributed by atoms with van der Waals surface area (Å²) in [6.45, 7) is 1.68. The standard InChI is InChI=1S/C21H21NO5/c23-20(11-14-6-7-18-19(10-14)27-9-8-26-18)22-12-16(17(13-22)21(24)25)15-4-2-1-3-5-15/h1-7,10,16-17H,8-9,11-13H2,(H,24,25)/t16-,17-/m1/s1.